The summed E-state index contributed by atoms with van der Waals surface area (Å²) in [5, 5.41) is 9.00. The number of carbonyl (C=O) groups excluding carboxylic acids is 2. The van der Waals surface area contributed by atoms with E-state index in [9.17, 15) is 9.59 Å². The Morgan fingerprint density at radius 3 is 2.60 bits per heavy atom. The van der Waals surface area contributed by atoms with Gasteiger partial charge in [0.15, 0.2) is 6.04 Å². The van der Waals surface area contributed by atoms with Crippen molar-refractivity contribution >= 4 is 11.8 Å². The van der Waals surface area contributed by atoms with Gasteiger partial charge in [-0.15, -0.1) is 0 Å². The van der Waals surface area contributed by atoms with Crippen LogP contribution in [0, 0.1) is 0 Å². The third-order valence-corrected chi connectivity index (χ3v) is 2.67. The molecule has 2 rings (SSSR count). The summed E-state index contributed by atoms with van der Waals surface area (Å²) in [5.74, 6) is -0.647. The summed E-state index contributed by atoms with van der Waals surface area (Å²) in [7, 11) is 0. The Labute approximate surface area is 116 Å². The van der Waals surface area contributed by atoms with E-state index in [2.05, 4.69) is 15.8 Å². The Kier molecular flexibility index (Phi) is 4.49. The van der Waals surface area contributed by atoms with Crippen molar-refractivity contribution in [3.8, 4) is 0 Å². The van der Waals surface area contributed by atoms with Crippen LogP contribution >= 0.6 is 0 Å². The van der Waals surface area contributed by atoms with Crippen molar-refractivity contribution in [3.05, 3.63) is 53.9 Å². The molecule has 0 saturated heterocycles. The molecule has 0 spiro atoms. The third kappa shape index (κ3) is 3.68. The van der Waals surface area contributed by atoms with E-state index in [-0.39, 0.29) is 11.8 Å². The van der Waals surface area contributed by atoms with Crippen LogP contribution in [-0.2, 0) is 16.1 Å². The van der Waals surface area contributed by atoms with E-state index in [1.54, 1.807) is 6.07 Å². The van der Waals surface area contributed by atoms with Crippen LogP contribution in [0.15, 0.2) is 47.2 Å². The topological polar surface area (TPSA) is 84.2 Å². The Bertz CT molecular complexity index is 567. The smallest absolute Gasteiger partial charge is 0.249 e. The van der Waals surface area contributed by atoms with Gasteiger partial charge in [0.25, 0.3) is 0 Å². The predicted octanol–water partition coefficient (Wildman–Crippen LogP) is 1.17. The second-order valence-corrected chi connectivity index (χ2v) is 4.26. The van der Waals surface area contributed by atoms with Crippen molar-refractivity contribution in [1.82, 2.24) is 15.8 Å². The molecule has 0 aliphatic heterocycles. The van der Waals surface area contributed by atoms with Crippen LogP contribution in [-0.4, -0.2) is 17.0 Å². The number of amides is 2. The van der Waals surface area contributed by atoms with Gasteiger partial charge in [0.1, 0.15) is 12.0 Å². The summed E-state index contributed by atoms with van der Waals surface area (Å²) in [6, 6.07) is 10.2. The van der Waals surface area contributed by atoms with Crippen LogP contribution in [0.3, 0.4) is 0 Å². The minimum Gasteiger partial charge on any atom is -0.364 e. The molecule has 0 fully saturated rings. The van der Waals surface area contributed by atoms with Gasteiger partial charge in [-0.05, 0) is 5.56 Å². The second-order valence-electron chi connectivity index (χ2n) is 4.26. The Morgan fingerprint density at radius 1 is 1.25 bits per heavy atom. The number of nitrogens with zero attached hydrogens (tertiary/aromatic N) is 1. The number of nitrogens with one attached hydrogen (secondary N) is 2. The first-order valence-corrected chi connectivity index (χ1v) is 6.16. The zero-order chi connectivity index (χ0) is 14.4. The lowest BCUT2D eigenvalue weighted by Crippen LogP contribution is -2.39. The Hall–Kier alpha value is -2.63. The van der Waals surface area contributed by atoms with Gasteiger partial charge in [0.05, 0.1) is 0 Å². The first kappa shape index (κ1) is 13.8. The molecule has 2 aromatic rings. The van der Waals surface area contributed by atoms with E-state index in [1.165, 1.54) is 13.2 Å². The summed E-state index contributed by atoms with van der Waals surface area (Å²) in [6.07, 6.45) is 1.36. The summed E-state index contributed by atoms with van der Waals surface area (Å²) in [6.45, 7) is 1.73. The molecule has 1 heterocycles. The highest BCUT2D eigenvalue weighted by Gasteiger charge is 2.23. The van der Waals surface area contributed by atoms with Gasteiger partial charge >= 0.3 is 0 Å². The first-order valence-electron chi connectivity index (χ1n) is 6.16. The van der Waals surface area contributed by atoms with Crippen LogP contribution < -0.4 is 10.6 Å². The van der Waals surface area contributed by atoms with Crippen molar-refractivity contribution in [1.29, 1.82) is 0 Å². The van der Waals surface area contributed by atoms with Crippen LogP contribution in [0.1, 0.15) is 24.2 Å². The quantitative estimate of drug-likeness (QED) is 0.856. The zero-order valence-corrected chi connectivity index (χ0v) is 11.0. The number of carbonyl (C=O) groups is 2. The lowest BCUT2D eigenvalue weighted by molar-refractivity contribution is -0.128. The molecule has 1 aromatic heterocycles. The maximum Gasteiger partial charge on any atom is 0.249 e. The maximum atomic E-state index is 12.1. The molecule has 2 N–H and O–H groups in total. The summed E-state index contributed by atoms with van der Waals surface area (Å²) in [4.78, 5) is 23.3. The van der Waals surface area contributed by atoms with Crippen LogP contribution in [0.25, 0.3) is 0 Å². The molecular formula is C14H15N3O3. The molecule has 0 aliphatic carbocycles. The first-order chi connectivity index (χ1) is 9.66. The molecule has 1 unspecified atom stereocenters. The van der Waals surface area contributed by atoms with Crippen molar-refractivity contribution in [2.45, 2.75) is 19.5 Å². The zero-order valence-electron chi connectivity index (χ0n) is 11.0. The monoisotopic (exact) mass is 273 g/mol. The van der Waals surface area contributed by atoms with Crippen LogP contribution in [0.5, 0.6) is 0 Å². The van der Waals surface area contributed by atoms with Gasteiger partial charge in [0, 0.05) is 19.5 Å². The van der Waals surface area contributed by atoms with Gasteiger partial charge in [-0.2, -0.15) is 0 Å². The van der Waals surface area contributed by atoms with Crippen LogP contribution in [0.2, 0.25) is 0 Å². The molecule has 0 bridgehead atoms. The van der Waals surface area contributed by atoms with E-state index >= 15 is 0 Å². The second kappa shape index (κ2) is 6.51. The van der Waals surface area contributed by atoms with Crippen LogP contribution in [0.4, 0.5) is 0 Å². The number of aromatic nitrogens is 1. The highest BCUT2D eigenvalue weighted by Crippen LogP contribution is 2.10. The SMILES string of the molecule is CC(=O)NC(C(=O)NCc1ccccc1)c1ccon1. The van der Waals surface area contributed by atoms with E-state index in [1.807, 2.05) is 30.3 Å². The molecule has 20 heavy (non-hydrogen) atoms. The molecule has 0 saturated carbocycles. The van der Waals surface area contributed by atoms with Crippen molar-refractivity contribution in [3.63, 3.8) is 0 Å². The highest BCUT2D eigenvalue weighted by molar-refractivity contribution is 5.87. The van der Waals surface area contributed by atoms with E-state index < -0.39 is 6.04 Å². The average molecular weight is 273 g/mol. The lowest BCUT2D eigenvalue weighted by atomic mass is 10.1. The standard InChI is InChI=1S/C14H15N3O3/c1-10(18)16-13(12-7-8-20-17-12)14(19)15-9-11-5-3-2-4-6-11/h2-8,13H,9H2,1H3,(H,15,19)(H,16,18). The largest absolute Gasteiger partial charge is 0.364 e. The molecule has 0 aliphatic rings. The Balaban J connectivity index is 2.02. The van der Waals surface area contributed by atoms with Crippen molar-refractivity contribution in [2.24, 2.45) is 0 Å². The molecule has 1 atom stereocenters. The van der Waals surface area contributed by atoms with Gasteiger partial charge in [0.2, 0.25) is 11.8 Å². The van der Waals surface area contributed by atoms with Gasteiger partial charge in [-0.3, -0.25) is 9.59 Å². The number of hydrogen-bond donors (Lipinski definition) is 2. The number of hydrogen-bond acceptors (Lipinski definition) is 4. The van der Waals surface area contributed by atoms with E-state index in [0.717, 1.165) is 5.56 Å². The number of rotatable bonds is 5. The molecule has 6 heteroatoms. The summed E-state index contributed by atoms with van der Waals surface area (Å²) < 4.78 is 4.71. The van der Waals surface area contributed by atoms with Gasteiger partial charge in [-0.25, -0.2) is 0 Å². The maximum absolute atomic E-state index is 12.1. The fraction of sp³-hybridized carbons (Fsp3) is 0.214. The highest BCUT2D eigenvalue weighted by atomic mass is 16.5. The minimum atomic E-state index is -0.852. The number of benzene rings is 1. The predicted molar refractivity (Wildman–Crippen MR) is 71.3 cm³/mol. The van der Waals surface area contributed by atoms with E-state index in [0.29, 0.717) is 12.2 Å². The molecular weight excluding hydrogens is 258 g/mol. The van der Waals surface area contributed by atoms with Gasteiger partial charge < -0.3 is 15.2 Å². The van der Waals surface area contributed by atoms with Crippen molar-refractivity contribution in [2.75, 3.05) is 0 Å². The average Bonchev–Trinajstić information content (AvgIpc) is 2.97. The molecule has 6 nitrogen and oxygen atoms in total. The lowest BCUT2D eigenvalue weighted by Gasteiger charge is -2.15. The molecule has 1 aromatic carbocycles. The normalized spacial score (nSPS) is 11.7. The summed E-state index contributed by atoms with van der Waals surface area (Å²) >= 11 is 0. The van der Waals surface area contributed by atoms with Gasteiger partial charge in [-0.1, -0.05) is 35.5 Å². The molecule has 0 radical (unpaired) electrons. The van der Waals surface area contributed by atoms with E-state index in [4.69, 9.17) is 4.52 Å². The summed E-state index contributed by atoms with van der Waals surface area (Å²) in [5.41, 5.74) is 1.34. The molecule has 104 valence electrons. The third-order valence-electron chi connectivity index (χ3n) is 2.67. The minimum absolute atomic E-state index is 0.312. The van der Waals surface area contributed by atoms with Crippen molar-refractivity contribution < 1.29 is 14.1 Å². The molecule has 2 amide bonds. The fourth-order valence-electron chi connectivity index (χ4n) is 1.73. The Morgan fingerprint density at radius 2 is 2.00 bits per heavy atom. The fourth-order valence-corrected chi connectivity index (χ4v) is 1.73.